The van der Waals surface area contributed by atoms with Gasteiger partial charge in [-0.1, -0.05) is 39.5 Å². The molecule has 0 radical (unpaired) electrons. The Morgan fingerprint density at radius 1 is 0.775 bits per heavy atom. The van der Waals surface area contributed by atoms with Gasteiger partial charge in [-0.2, -0.15) is 32.6 Å². The number of hydrogen-bond acceptors (Lipinski definition) is 14. The SMILES string of the molecule is CC(C)[C@H](S)C(=O)O.COc1cc(OC)nc(S(C)(=O)=O)n1.COc1cc(OC)nc(S[C@H](C(=O)O)C(C)C)n1. The van der Waals surface area contributed by atoms with E-state index in [0.717, 1.165) is 18.0 Å². The predicted molar refractivity (Wildman–Crippen MR) is 151 cm³/mol. The molecule has 17 heteroatoms. The fraction of sp³-hybridized carbons (Fsp3) is 0.565. The molecule has 0 unspecified atom stereocenters. The molecule has 226 valence electrons. The molecular weight excluding hydrogens is 588 g/mol. The average Bonchev–Trinajstić information content (AvgIpc) is 2.90. The Morgan fingerprint density at radius 2 is 1.15 bits per heavy atom. The maximum atomic E-state index is 11.1. The number of aromatic nitrogens is 4. The van der Waals surface area contributed by atoms with Gasteiger partial charge in [-0.3, -0.25) is 9.59 Å². The third kappa shape index (κ3) is 13.3. The van der Waals surface area contributed by atoms with Crippen molar-refractivity contribution in [2.75, 3.05) is 34.7 Å². The van der Waals surface area contributed by atoms with E-state index < -0.39 is 32.3 Å². The Kier molecular flexibility index (Phi) is 16.3. The molecule has 0 aliphatic heterocycles. The van der Waals surface area contributed by atoms with Crippen LogP contribution in [0.1, 0.15) is 27.7 Å². The van der Waals surface area contributed by atoms with Crippen LogP contribution in [0.2, 0.25) is 0 Å². The van der Waals surface area contributed by atoms with Crippen molar-refractivity contribution in [1.29, 1.82) is 0 Å². The number of hydrogen-bond donors (Lipinski definition) is 3. The van der Waals surface area contributed by atoms with E-state index in [1.54, 1.807) is 0 Å². The molecule has 0 fully saturated rings. The van der Waals surface area contributed by atoms with E-state index in [9.17, 15) is 18.0 Å². The van der Waals surface area contributed by atoms with E-state index in [4.69, 9.17) is 29.2 Å². The van der Waals surface area contributed by atoms with Crippen LogP contribution >= 0.6 is 24.4 Å². The third-order valence-electron chi connectivity index (χ3n) is 4.45. The molecule has 2 aromatic rings. The maximum absolute atomic E-state index is 11.1. The summed E-state index contributed by atoms with van der Waals surface area (Å²) >= 11 is 4.90. The molecule has 40 heavy (non-hydrogen) atoms. The van der Waals surface area contributed by atoms with Gasteiger partial charge in [-0.25, -0.2) is 8.42 Å². The first-order valence-electron chi connectivity index (χ1n) is 11.4. The second-order valence-corrected chi connectivity index (χ2v) is 12.0. The number of ether oxygens (including phenoxy) is 4. The van der Waals surface area contributed by atoms with Crippen molar-refractivity contribution < 1.29 is 47.2 Å². The van der Waals surface area contributed by atoms with E-state index in [-0.39, 0.29) is 28.8 Å². The van der Waals surface area contributed by atoms with Gasteiger partial charge in [0, 0.05) is 6.26 Å². The Labute approximate surface area is 243 Å². The maximum Gasteiger partial charge on any atom is 0.317 e. The molecule has 0 spiro atoms. The highest BCUT2D eigenvalue weighted by molar-refractivity contribution is 8.00. The lowest BCUT2D eigenvalue weighted by atomic mass is 10.1. The Hall–Kier alpha value is -3.05. The number of carboxylic acid groups (broad SMARTS) is 2. The highest BCUT2D eigenvalue weighted by Gasteiger charge is 2.24. The second kappa shape index (κ2) is 17.6. The van der Waals surface area contributed by atoms with Crippen LogP contribution < -0.4 is 18.9 Å². The largest absolute Gasteiger partial charge is 0.481 e. The van der Waals surface area contributed by atoms with Crippen LogP contribution in [0.5, 0.6) is 23.5 Å². The van der Waals surface area contributed by atoms with E-state index in [1.807, 2.05) is 27.7 Å². The molecule has 2 atom stereocenters. The summed E-state index contributed by atoms with van der Waals surface area (Å²) in [4.78, 5) is 36.7. The van der Waals surface area contributed by atoms with Crippen LogP contribution in [-0.4, -0.2) is 95.7 Å². The summed E-state index contributed by atoms with van der Waals surface area (Å²) in [7, 11) is 2.27. The molecule has 0 amide bonds. The lowest BCUT2D eigenvalue weighted by molar-refractivity contribution is -0.138. The second-order valence-electron chi connectivity index (χ2n) is 8.39. The molecule has 2 aromatic heterocycles. The van der Waals surface area contributed by atoms with Gasteiger partial charge in [0.2, 0.25) is 33.4 Å². The minimum absolute atomic E-state index is 0.0340. The van der Waals surface area contributed by atoms with E-state index in [2.05, 4.69) is 32.6 Å². The van der Waals surface area contributed by atoms with E-state index in [0.29, 0.717) is 16.9 Å². The Balaban J connectivity index is 0.000000614. The van der Waals surface area contributed by atoms with Crippen molar-refractivity contribution in [1.82, 2.24) is 19.9 Å². The first-order valence-corrected chi connectivity index (χ1v) is 14.7. The zero-order valence-electron chi connectivity index (χ0n) is 23.7. The molecule has 0 aliphatic rings. The number of carbonyl (C=O) groups is 2. The van der Waals surface area contributed by atoms with Crippen LogP contribution in [-0.2, 0) is 19.4 Å². The molecule has 0 saturated carbocycles. The van der Waals surface area contributed by atoms with Crippen LogP contribution in [0.15, 0.2) is 22.4 Å². The number of carboxylic acids is 2. The van der Waals surface area contributed by atoms with Crippen molar-refractivity contribution in [2.24, 2.45) is 11.8 Å². The van der Waals surface area contributed by atoms with E-state index >= 15 is 0 Å². The predicted octanol–water partition coefficient (Wildman–Crippen LogP) is 2.62. The van der Waals surface area contributed by atoms with Gasteiger partial charge >= 0.3 is 11.9 Å². The zero-order chi connectivity index (χ0) is 31.2. The van der Waals surface area contributed by atoms with Crippen molar-refractivity contribution in [2.45, 2.75) is 48.5 Å². The first kappa shape index (κ1) is 37.0. The van der Waals surface area contributed by atoms with Gasteiger partial charge in [0.15, 0.2) is 5.16 Å². The molecule has 2 heterocycles. The standard InChI is InChI=1S/C11H16N2O4S.C7H10N2O4S.C5H10O2S/c1-6(2)9(10(14)15)18-11-12-7(16-3)5-8(13-11)17-4;1-12-5-4-6(13-2)9-7(8-5)14(3,10)11;1-3(2)4(8)5(6)7/h5-6,9H,1-4H3,(H,14,15);4H,1-3H3;3-4,8H,1-2H3,(H,6,7)/t9-;;4-/m0.0/s1. The van der Waals surface area contributed by atoms with Gasteiger partial charge in [-0.05, 0) is 11.8 Å². The summed E-state index contributed by atoms with van der Waals surface area (Å²) in [5.74, 6) is -0.670. The third-order valence-corrected chi connectivity index (χ3v) is 7.51. The summed E-state index contributed by atoms with van der Waals surface area (Å²) in [5, 5.41) is 16.3. The van der Waals surface area contributed by atoms with Crippen LogP contribution in [0, 0.1) is 11.8 Å². The van der Waals surface area contributed by atoms with Gasteiger partial charge < -0.3 is 29.2 Å². The lowest BCUT2D eigenvalue weighted by Crippen LogP contribution is -2.22. The number of nitrogens with zero attached hydrogens (tertiary/aromatic N) is 4. The molecule has 14 nitrogen and oxygen atoms in total. The molecule has 2 N–H and O–H groups in total. The average molecular weight is 625 g/mol. The molecule has 0 aromatic carbocycles. The number of thiol groups is 1. The van der Waals surface area contributed by atoms with Gasteiger partial charge in [-0.15, -0.1) is 0 Å². The fourth-order valence-corrected chi connectivity index (χ4v) is 3.67. The number of methoxy groups -OCH3 is 4. The quantitative estimate of drug-likeness (QED) is 0.187. The summed E-state index contributed by atoms with van der Waals surface area (Å²) in [6, 6.07) is 2.93. The summed E-state index contributed by atoms with van der Waals surface area (Å²) in [6.45, 7) is 7.32. The molecular formula is C23H36N4O10S3. The van der Waals surface area contributed by atoms with Crippen LogP contribution in [0.4, 0.5) is 0 Å². The van der Waals surface area contributed by atoms with Crippen LogP contribution in [0.3, 0.4) is 0 Å². The van der Waals surface area contributed by atoms with E-state index in [1.165, 1.54) is 40.6 Å². The monoisotopic (exact) mass is 624 g/mol. The fourth-order valence-electron chi connectivity index (χ4n) is 2.27. The summed E-state index contributed by atoms with van der Waals surface area (Å²) in [6.07, 6.45) is 1.02. The highest BCUT2D eigenvalue weighted by atomic mass is 32.2. The zero-order valence-corrected chi connectivity index (χ0v) is 26.2. The normalized spacial score (nSPS) is 12.2. The Bertz CT molecular complexity index is 1170. The van der Waals surface area contributed by atoms with Gasteiger partial charge in [0.05, 0.1) is 40.6 Å². The minimum atomic E-state index is -3.45. The molecule has 0 saturated heterocycles. The molecule has 2 rings (SSSR count). The van der Waals surface area contributed by atoms with Crippen molar-refractivity contribution in [3.05, 3.63) is 12.1 Å². The molecule has 0 aliphatic carbocycles. The number of rotatable bonds is 11. The van der Waals surface area contributed by atoms with Crippen molar-refractivity contribution >= 4 is 46.2 Å². The van der Waals surface area contributed by atoms with Crippen LogP contribution in [0.25, 0.3) is 0 Å². The number of sulfone groups is 1. The lowest BCUT2D eigenvalue weighted by Gasteiger charge is -2.15. The smallest absolute Gasteiger partial charge is 0.317 e. The van der Waals surface area contributed by atoms with Gasteiger partial charge in [0.1, 0.15) is 10.5 Å². The minimum Gasteiger partial charge on any atom is -0.481 e. The number of thioether (sulfide) groups is 1. The number of aliphatic carboxylic acids is 2. The first-order chi connectivity index (χ1) is 18.5. The topological polar surface area (TPSA) is 197 Å². The van der Waals surface area contributed by atoms with Crippen molar-refractivity contribution in [3.8, 4) is 23.5 Å². The highest BCUT2D eigenvalue weighted by Crippen LogP contribution is 2.28. The van der Waals surface area contributed by atoms with Crippen molar-refractivity contribution in [3.63, 3.8) is 0 Å². The van der Waals surface area contributed by atoms with Gasteiger partial charge in [0.25, 0.3) is 5.16 Å². The summed E-state index contributed by atoms with van der Waals surface area (Å²) < 4.78 is 41.9. The molecule has 0 bridgehead atoms. The Morgan fingerprint density at radius 3 is 1.38 bits per heavy atom. The summed E-state index contributed by atoms with van der Waals surface area (Å²) in [5.41, 5.74) is 0.